The van der Waals surface area contributed by atoms with Crippen LogP contribution >= 0.6 is 11.6 Å². The van der Waals surface area contributed by atoms with Gasteiger partial charge in [0.1, 0.15) is 12.6 Å². The number of hydrogen-bond acceptors (Lipinski definition) is 4. The van der Waals surface area contributed by atoms with Crippen molar-refractivity contribution in [3.05, 3.63) is 47.2 Å². The number of methoxy groups -OCH3 is 1. The van der Waals surface area contributed by atoms with Gasteiger partial charge in [0.2, 0.25) is 5.91 Å². The van der Waals surface area contributed by atoms with Crippen LogP contribution in [0.4, 0.5) is 5.69 Å². The molecule has 3 rings (SSSR count). The molecule has 1 unspecified atom stereocenters. The van der Waals surface area contributed by atoms with E-state index in [1.54, 1.807) is 22.9 Å². The van der Waals surface area contributed by atoms with Crippen LogP contribution in [-0.2, 0) is 16.6 Å². The number of guanidine groups is 1. The zero-order valence-electron chi connectivity index (χ0n) is 17.0. The van der Waals surface area contributed by atoms with E-state index in [4.69, 9.17) is 21.3 Å². The van der Waals surface area contributed by atoms with Gasteiger partial charge in [0.15, 0.2) is 5.96 Å². The molecule has 1 amide bonds. The maximum absolute atomic E-state index is 12.7. The first-order valence-corrected chi connectivity index (χ1v) is 10.00. The summed E-state index contributed by atoms with van der Waals surface area (Å²) in [6.45, 7) is 4.67. The monoisotopic (exact) mass is 418 g/mol. The molecule has 1 fully saturated rings. The van der Waals surface area contributed by atoms with Gasteiger partial charge in [-0.2, -0.15) is 5.10 Å². The van der Waals surface area contributed by atoms with E-state index in [0.717, 1.165) is 11.3 Å². The number of anilines is 1. The van der Waals surface area contributed by atoms with E-state index in [2.05, 4.69) is 10.4 Å². The van der Waals surface area contributed by atoms with Gasteiger partial charge in [-0.05, 0) is 24.6 Å². The largest absolute Gasteiger partial charge is 0.375 e. The third kappa shape index (κ3) is 5.27. The fourth-order valence-corrected chi connectivity index (χ4v) is 3.49. The fraction of sp³-hybridized carbons (Fsp3) is 0.450. The van der Waals surface area contributed by atoms with Crippen LogP contribution in [0.3, 0.4) is 0 Å². The van der Waals surface area contributed by atoms with Gasteiger partial charge in [-0.25, -0.2) is 0 Å². The Kier molecular flexibility index (Phi) is 7.11. The van der Waals surface area contributed by atoms with Crippen molar-refractivity contribution in [1.82, 2.24) is 20.0 Å². The molecule has 1 aromatic heterocycles. The molecule has 0 aliphatic carbocycles. The molecule has 29 heavy (non-hydrogen) atoms. The SMILES string of the molecule is CCNC(=NCC(OC)c1cccc(Cl)c1)N1CCN(c2cnn(C)c2)C(=O)C1. The van der Waals surface area contributed by atoms with Crippen molar-refractivity contribution in [2.75, 3.05) is 44.7 Å². The molecule has 0 saturated carbocycles. The number of rotatable bonds is 6. The van der Waals surface area contributed by atoms with E-state index in [1.807, 2.05) is 49.3 Å². The van der Waals surface area contributed by atoms with Crippen molar-refractivity contribution in [3.63, 3.8) is 0 Å². The smallest absolute Gasteiger partial charge is 0.246 e. The lowest BCUT2D eigenvalue weighted by Crippen LogP contribution is -2.55. The molecular formula is C20H27ClN6O2. The minimum Gasteiger partial charge on any atom is -0.375 e. The first kappa shape index (κ1) is 21.1. The van der Waals surface area contributed by atoms with Crippen LogP contribution in [0, 0.1) is 0 Å². The highest BCUT2D eigenvalue weighted by Crippen LogP contribution is 2.21. The van der Waals surface area contributed by atoms with Crippen molar-refractivity contribution in [2.45, 2.75) is 13.0 Å². The summed E-state index contributed by atoms with van der Waals surface area (Å²) >= 11 is 6.10. The number of aromatic nitrogens is 2. The van der Waals surface area contributed by atoms with E-state index < -0.39 is 0 Å². The standard InChI is InChI=1S/C20H27ClN6O2/c1-4-22-20(23-12-18(29-3)15-6-5-7-16(21)10-15)26-8-9-27(19(28)14-26)17-11-24-25(2)13-17/h5-7,10-11,13,18H,4,8-9,12,14H2,1-3H3,(H,22,23). The normalized spacial score (nSPS) is 16.3. The van der Waals surface area contributed by atoms with Crippen molar-refractivity contribution in [3.8, 4) is 0 Å². The number of hydrogen-bond donors (Lipinski definition) is 1. The van der Waals surface area contributed by atoms with E-state index in [-0.39, 0.29) is 18.6 Å². The minimum atomic E-state index is -0.213. The molecule has 2 aromatic rings. The number of aliphatic imine (C=N–C) groups is 1. The Bertz CT molecular complexity index is 868. The molecule has 1 aromatic carbocycles. The average molecular weight is 419 g/mol. The maximum atomic E-state index is 12.7. The Balaban J connectivity index is 1.69. The molecule has 8 nitrogen and oxygen atoms in total. The zero-order chi connectivity index (χ0) is 20.8. The molecule has 1 saturated heterocycles. The lowest BCUT2D eigenvalue weighted by Gasteiger charge is -2.35. The highest BCUT2D eigenvalue weighted by molar-refractivity contribution is 6.30. The Morgan fingerprint density at radius 2 is 2.24 bits per heavy atom. The first-order valence-electron chi connectivity index (χ1n) is 9.62. The van der Waals surface area contributed by atoms with Gasteiger partial charge in [-0.1, -0.05) is 23.7 Å². The highest BCUT2D eigenvalue weighted by Gasteiger charge is 2.27. The van der Waals surface area contributed by atoms with Crippen LogP contribution < -0.4 is 10.2 Å². The van der Waals surface area contributed by atoms with Crippen molar-refractivity contribution in [1.29, 1.82) is 0 Å². The summed E-state index contributed by atoms with van der Waals surface area (Å²) in [5.74, 6) is 0.726. The van der Waals surface area contributed by atoms with Gasteiger partial charge in [0.25, 0.3) is 0 Å². The van der Waals surface area contributed by atoms with Gasteiger partial charge in [-0.3, -0.25) is 14.5 Å². The number of nitrogens with one attached hydrogen (secondary N) is 1. The molecule has 1 atom stereocenters. The second kappa shape index (κ2) is 9.76. The quantitative estimate of drug-likeness (QED) is 0.574. The number of halogens is 1. The molecule has 9 heteroatoms. The van der Waals surface area contributed by atoms with E-state index in [0.29, 0.717) is 37.2 Å². The zero-order valence-corrected chi connectivity index (χ0v) is 17.8. The molecule has 156 valence electrons. The Morgan fingerprint density at radius 1 is 1.41 bits per heavy atom. The summed E-state index contributed by atoms with van der Waals surface area (Å²) in [5, 5.41) is 8.10. The topological polar surface area (TPSA) is 75.0 Å². The number of aryl methyl sites for hydroxylation is 1. The van der Waals surface area contributed by atoms with E-state index >= 15 is 0 Å². The van der Waals surface area contributed by atoms with Crippen molar-refractivity contribution >= 4 is 29.2 Å². The third-order valence-electron chi connectivity index (χ3n) is 4.77. The summed E-state index contributed by atoms with van der Waals surface area (Å²) in [6.07, 6.45) is 3.34. The van der Waals surface area contributed by atoms with Crippen LogP contribution in [-0.4, -0.2) is 66.4 Å². The number of ether oxygens (including phenoxy) is 1. The summed E-state index contributed by atoms with van der Waals surface area (Å²) < 4.78 is 7.30. The number of amides is 1. The van der Waals surface area contributed by atoms with Crippen molar-refractivity contribution < 1.29 is 9.53 Å². The van der Waals surface area contributed by atoms with Gasteiger partial charge in [-0.15, -0.1) is 0 Å². The van der Waals surface area contributed by atoms with Crippen LogP contribution in [0.1, 0.15) is 18.6 Å². The fourth-order valence-electron chi connectivity index (χ4n) is 3.29. The average Bonchev–Trinajstić information content (AvgIpc) is 3.13. The van der Waals surface area contributed by atoms with Gasteiger partial charge < -0.3 is 19.9 Å². The molecular weight excluding hydrogens is 392 g/mol. The molecule has 0 radical (unpaired) electrons. The molecule has 1 aliphatic heterocycles. The lowest BCUT2D eigenvalue weighted by atomic mass is 10.1. The molecule has 0 spiro atoms. The number of benzene rings is 1. The second-order valence-electron chi connectivity index (χ2n) is 6.81. The number of carbonyl (C=O) groups is 1. The molecule has 2 heterocycles. The van der Waals surface area contributed by atoms with Crippen LogP contribution in [0.5, 0.6) is 0 Å². The maximum Gasteiger partial charge on any atom is 0.246 e. The molecule has 0 bridgehead atoms. The minimum absolute atomic E-state index is 0.0213. The number of piperazine rings is 1. The Hall–Kier alpha value is -2.58. The summed E-state index contributed by atoms with van der Waals surface area (Å²) in [5.41, 5.74) is 1.79. The third-order valence-corrected chi connectivity index (χ3v) is 5.00. The highest BCUT2D eigenvalue weighted by atomic mass is 35.5. The Labute approximate surface area is 176 Å². The summed E-state index contributed by atoms with van der Waals surface area (Å²) in [6, 6.07) is 7.58. The first-order chi connectivity index (χ1) is 14.0. The Morgan fingerprint density at radius 3 is 2.86 bits per heavy atom. The van der Waals surface area contributed by atoms with Crippen LogP contribution in [0.2, 0.25) is 5.02 Å². The van der Waals surface area contributed by atoms with Gasteiger partial charge in [0, 0.05) is 45.0 Å². The van der Waals surface area contributed by atoms with E-state index in [1.165, 1.54) is 0 Å². The molecule has 1 N–H and O–H groups in total. The van der Waals surface area contributed by atoms with Gasteiger partial charge >= 0.3 is 0 Å². The second-order valence-corrected chi connectivity index (χ2v) is 7.25. The van der Waals surface area contributed by atoms with E-state index in [9.17, 15) is 4.79 Å². The van der Waals surface area contributed by atoms with Crippen LogP contribution in [0.25, 0.3) is 0 Å². The number of carbonyl (C=O) groups excluding carboxylic acids is 1. The van der Waals surface area contributed by atoms with Crippen molar-refractivity contribution in [2.24, 2.45) is 12.0 Å². The number of nitrogens with zero attached hydrogens (tertiary/aromatic N) is 5. The summed E-state index contributed by atoms with van der Waals surface area (Å²) in [7, 11) is 3.50. The predicted molar refractivity (Wildman–Crippen MR) is 114 cm³/mol. The predicted octanol–water partition coefficient (Wildman–Crippen LogP) is 2.08. The molecule has 1 aliphatic rings. The van der Waals surface area contributed by atoms with Crippen LogP contribution in [0.15, 0.2) is 41.7 Å². The summed E-state index contributed by atoms with van der Waals surface area (Å²) in [4.78, 5) is 21.2. The lowest BCUT2D eigenvalue weighted by molar-refractivity contribution is -0.120. The van der Waals surface area contributed by atoms with Gasteiger partial charge in [0.05, 0.1) is 18.4 Å².